The summed E-state index contributed by atoms with van der Waals surface area (Å²) in [5, 5.41) is 0. The molecule has 0 saturated heterocycles. The summed E-state index contributed by atoms with van der Waals surface area (Å²) in [5.74, 6) is 0. The van der Waals surface area contributed by atoms with Gasteiger partial charge >= 0.3 is 0 Å². The van der Waals surface area contributed by atoms with E-state index in [4.69, 9.17) is 0 Å². The highest BCUT2D eigenvalue weighted by atomic mass is 127. The van der Waals surface area contributed by atoms with E-state index in [9.17, 15) is 0 Å². The topological polar surface area (TPSA) is 30.2 Å². The lowest BCUT2D eigenvalue weighted by molar-refractivity contribution is 1.13. The van der Waals surface area contributed by atoms with Crippen LogP contribution in [0.4, 0.5) is 0 Å². The van der Waals surface area contributed by atoms with Crippen LogP contribution in [-0.2, 0) is 0 Å². The number of fused-ring (bicyclic) bond motifs is 1. The van der Waals surface area contributed by atoms with Gasteiger partial charge in [0.2, 0.25) is 0 Å². The number of benzene rings is 1. The Kier molecular flexibility index (Phi) is 2.36. The van der Waals surface area contributed by atoms with E-state index in [2.05, 4.69) is 56.8 Å². The molecule has 0 saturated carbocycles. The number of halogens is 1. The molecule has 0 aliphatic heterocycles. The van der Waals surface area contributed by atoms with Crippen LogP contribution in [0.15, 0.2) is 49.1 Å². The van der Waals surface area contributed by atoms with E-state index in [1.54, 1.807) is 12.4 Å². The van der Waals surface area contributed by atoms with Gasteiger partial charge in [0.25, 0.3) is 0 Å². The molecule has 3 aromatic rings. The van der Waals surface area contributed by atoms with Crippen LogP contribution in [0.25, 0.3) is 16.9 Å². The van der Waals surface area contributed by atoms with Crippen LogP contribution >= 0.6 is 22.6 Å². The fourth-order valence-corrected chi connectivity index (χ4v) is 1.96. The summed E-state index contributed by atoms with van der Waals surface area (Å²) >= 11 is 2.29. The van der Waals surface area contributed by atoms with Gasteiger partial charge in [-0.2, -0.15) is 0 Å². The fourth-order valence-electron chi connectivity index (χ4n) is 1.60. The maximum Gasteiger partial charge on any atom is 0.155 e. The molecule has 0 bridgehead atoms. The summed E-state index contributed by atoms with van der Waals surface area (Å²) in [7, 11) is 0. The van der Waals surface area contributed by atoms with E-state index in [0.717, 1.165) is 16.9 Å². The molecule has 0 amide bonds. The van der Waals surface area contributed by atoms with Gasteiger partial charge in [-0.25, -0.2) is 4.98 Å². The maximum absolute atomic E-state index is 4.51. The van der Waals surface area contributed by atoms with E-state index >= 15 is 0 Å². The van der Waals surface area contributed by atoms with E-state index in [1.807, 2.05) is 16.8 Å². The van der Waals surface area contributed by atoms with Crippen LogP contribution < -0.4 is 0 Å². The number of rotatable bonds is 1. The molecule has 0 N–H and O–H groups in total. The van der Waals surface area contributed by atoms with Crippen molar-refractivity contribution in [1.82, 2.24) is 14.4 Å². The van der Waals surface area contributed by atoms with Gasteiger partial charge < -0.3 is 4.40 Å². The molecule has 0 radical (unpaired) electrons. The second-order valence-corrected chi connectivity index (χ2v) is 4.72. The maximum atomic E-state index is 4.51. The van der Waals surface area contributed by atoms with Crippen LogP contribution in [0.5, 0.6) is 0 Å². The predicted octanol–water partition coefficient (Wildman–Crippen LogP) is 3.00. The first-order valence-corrected chi connectivity index (χ1v) is 5.95. The quantitative estimate of drug-likeness (QED) is 0.645. The number of hydrogen-bond donors (Lipinski definition) is 0. The van der Waals surface area contributed by atoms with Crippen LogP contribution in [0.2, 0.25) is 0 Å². The van der Waals surface area contributed by atoms with E-state index in [-0.39, 0.29) is 0 Å². The zero-order valence-electron chi connectivity index (χ0n) is 8.34. The number of nitrogens with zero attached hydrogens (tertiary/aromatic N) is 3. The first-order chi connectivity index (χ1) is 7.83. The lowest BCUT2D eigenvalue weighted by Gasteiger charge is -1.95. The normalized spacial score (nSPS) is 10.8. The zero-order valence-corrected chi connectivity index (χ0v) is 10.5. The van der Waals surface area contributed by atoms with Crippen molar-refractivity contribution < 1.29 is 0 Å². The predicted molar refractivity (Wildman–Crippen MR) is 71.1 cm³/mol. The van der Waals surface area contributed by atoms with Gasteiger partial charge in [0.1, 0.15) is 0 Å². The summed E-state index contributed by atoms with van der Waals surface area (Å²) < 4.78 is 3.20. The van der Waals surface area contributed by atoms with Gasteiger partial charge in [-0.05, 0) is 34.7 Å². The van der Waals surface area contributed by atoms with Gasteiger partial charge in [-0.1, -0.05) is 12.1 Å². The van der Waals surface area contributed by atoms with E-state index < -0.39 is 0 Å². The average molecular weight is 321 g/mol. The largest absolute Gasteiger partial charge is 0.304 e. The van der Waals surface area contributed by atoms with Crippen LogP contribution in [0, 0.1) is 3.57 Å². The number of hydrogen-bond acceptors (Lipinski definition) is 2. The minimum absolute atomic E-state index is 0.871. The van der Waals surface area contributed by atoms with Gasteiger partial charge in [0, 0.05) is 27.7 Å². The average Bonchev–Trinajstić information content (AvgIpc) is 2.73. The molecule has 3 nitrogen and oxygen atoms in total. The summed E-state index contributed by atoms with van der Waals surface area (Å²) in [4.78, 5) is 8.56. The first-order valence-electron chi connectivity index (χ1n) is 4.87. The standard InChI is InChI=1S/C12H8IN3/c13-10-3-1-9(2-4-10)11-8-16-6-5-14-7-12(16)15-11/h1-8H. The third-order valence-corrected chi connectivity index (χ3v) is 3.12. The Morgan fingerprint density at radius 3 is 2.69 bits per heavy atom. The van der Waals surface area contributed by atoms with Crippen molar-refractivity contribution in [3.63, 3.8) is 0 Å². The Hall–Kier alpha value is -1.43. The second kappa shape index (κ2) is 3.86. The molecule has 2 heterocycles. The van der Waals surface area contributed by atoms with Gasteiger partial charge in [0.15, 0.2) is 5.65 Å². The van der Waals surface area contributed by atoms with Gasteiger partial charge in [0.05, 0.1) is 11.9 Å². The molecule has 0 spiro atoms. The van der Waals surface area contributed by atoms with Gasteiger partial charge in [-0.3, -0.25) is 4.98 Å². The summed E-state index contributed by atoms with van der Waals surface area (Å²) in [6.07, 6.45) is 7.43. The molecule has 0 fully saturated rings. The summed E-state index contributed by atoms with van der Waals surface area (Å²) in [5.41, 5.74) is 2.98. The molecule has 16 heavy (non-hydrogen) atoms. The Bertz CT molecular complexity index is 595. The molecule has 78 valence electrons. The third-order valence-electron chi connectivity index (χ3n) is 2.40. The summed E-state index contributed by atoms with van der Waals surface area (Å²) in [6.45, 7) is 0. The summed E-state index contributed by atoms with van der Waals surface area (Å²) in [6, 6.07) is 8.32. The Morgan fingerprint density at radius 1 is 1.12 bits per heavy atom. The Morgan fingerprint density at radius 2 is 1.94 bits per heavy atom. The Labute approximate surface area is 106 Å². The van der Waals surface area contributed by atoms with Crippen LogP contribution in [-0.4, -0.2) is 14.4 Å². The molecular formula is C12H8IN3. The molecular weight excluding hydrogens is 313 g/mol. The molecule has 0 aliphatic carbocycles. The number of imidazole rings is 1. The highest BCUT2D eigenvalue weighted by Gasteiger charge is 2.03. The number of aromatic nitrogens is 3. The smallest absolute Gasteiger partial charge is 0.155 e. The monoisotopic (exact) mass is 321 g/mol. The van der Waals surface area contributed by atoms with Crippen molar-refractivity contribution in [1.29, 1.82) is 0 Å². The molecule has 2 aromatic heterocycles. The highest BCUT2D eigenvalue weighted by Crippen LogP contribution is 2.19. The zero-order chi connectivity index (χ0) is 11.0. The van der Waals surface area contributed by atoms with E-state index in [1.165, 1.54) is 3.57 Å². The Balaban J connectivity index is 2.15. The van der Waals surface area contributed by atoms with Crippen molar-refractivity contribution in [2.45, 2.75) is 0 Å². The van der Waals surface area contributed by atoms with Crippen molar-refractivity contribution >= 4 is 28.2 Å². The first kappa shape index (κ1) is 9.77. The molecule has 0 unspecified atom stereocenters. The molecule has 1 aromatic carbocycles. The molecule has 0 aliphatic rings. The van der Waals surface area contributed by atoms with Crippen LogP contribution in [0.1, 0.15) is 0 Å². The SMILES string of the molecule is Ic1ccc(-c2cn3ccncc3n2)cc1. The van der Waals surface area contributed by atoms with Crippen molar-refractivity contribution in [3.8, 4) is 11.3 Å². The van der Waals surface area contributed by atoms with Crippen molar-refractivity contribution in [2.24, 2.45) is 0 Å². The molecule has 0 atom stereocenters. The van der Waals surface area contributed by atoms with Crippen molar-refractivity contribution in [2.75, 3.05) is 0 Å². The minimum atomic E-state index is 0.871. The van der Waals surface area contributed by atoms with E-state index in [0.29, 0.717) is 0 Å². The highest BCUT2D eigenvalue weighted by molar-refractivity contribution is 14.1. The fraction of sp³-hybridized carbons (Fsp3) is 0. The molecule has 3 rings (SSSR count). The lowest BCUT2D eigenvalue weighted by Crippen LogP contribution is -1.81. The van der Waals surface area contributed by atoms with Crippen LogP contribution in [0.3, 0.4) is 0 Å². The minimum Gasteiger partial charge on any atom is -0.304 e. The van der Waals surface area contributed by atoms with Crippen molar-refractivity contribution in [3.05, 3.63) is 52.6 Å². The molecule has 4 heteroatoms. The lowest BCUT2D eigenvalue weighted by atomic mass is 10.2. The third kappa shape index (κ3) is 1.69. The van der Waals surface area contributed by atoms with Gasteiger partial charge in [-0.15, -0.1) is 0 Å². The second-order valence-electron chi connectivity index (χ2n) is 3.47.